The second-order valence-corrected chi connectivity index (χ2v) is 5.08. The van der Waals surface area contributed by atoms with Gasteiger partial charge in [-0.05, 0) is 61.9 Å². The van der Waals surface area contributed by atoms with Gasteiger partial charge in [-0.2, -0.15) is 9.65 Å². The van der Waals surface area contributed by atoms with Crippen molar-refractivity contribution in [1.29, 1.82) is 5.26 Å². The highest BCUT2D eigenvalue weighted by atomic mass is 19.1. The quantitative estimate of drug-likeness (QED) is 0.626. The maximum Gasteiger partial charge on any atom is 0.338 e. The predicted molar refractivity (Wildman–Crippen MR) is 72.4 cm³/mol. The molecule has 1 saturated carbocycles. The smallest absolute Gasteiger partial charge is 0.338 e. The number of hydrogen-bond acceptors (Lipinski definition) is 3. The first-order valence-corrected chi connectivity index (χ1v) is 6.82. The van der Waals surface area contributed by atoms with E-state index in [9.17, 15) is 13.6 Å². The first-order chi connectivity index (χ1) is 10.1. The van der Waals surface area contributed by atoms with Crippen molar-refractivity contribution in [3.05, 3.63) is 47.5 Å². The van der Waals surface area contributed by atoms with Crippen LogP contribution in [0.25, 0.3) is 0 Å². The average Bonchev–Trinajstić information content (AvgIpc) is 2.49. The maximum atomic E-state index is 12.9. The Bertz CT molecular complexity index is 567. The Kier molecular flexibility index (Phi) is 5.04. The molecule has 0 amide bonds. The van der Waals surface area contributed by atoms with Gasteiger partial charge in [-0.1, -0.05) is 0 Å². The Hall–Kier alpha value is -2.22. The minimum absolute atomic E-state index is 0.0189. The number of nitrogens with zero attached hydrogens (tertiary/aromatic N) is 1. The summed E-state index contributed by atoms with van der Waals surface area (Å²) in [7, 11) is 0. The zero-order valence-electron chi connectivity index (χ0n) is 11.4. The lowest BCUT2D eigenvalue weighted by Crippen LogP contribution is -2.24. The molecule has 21 heavy (non-hydrogen) atoms. The molecule has 1 aromatic carbocycles. The number of hydrogen-bond donors (Lipinski definition) is 0. The number of nitriles is 1. The molecule has 0 aliphatic heterocycles. The van der Waals surface area contributed by atoms with Gasteiger partial charge in [-0.3, -0.25) is 0 Å². The molecule has 110 valence electrons. The molecule has 3 nitrogen and oxygen atoms in total. The number of carbonyl (C=O) groups excluding carboxylic acids is 1. The van der Waals surface area contributed by atoms with Gasteiger partial charge in [0.1, 0.15) is 18.0 Å². The molecule has 0 atom stereocenters. The van der Waals surface area contributed by atoms with Crippen LogP contribution in [0.3, 0.4) is 0 Å². The zero-order chi connectivity index (χ0) is 15.2. The molecule has 0 bridgehead atoms. The maximum absolute atomic E-state index is 12.9. The summed E-state index contributed by atoms with van der Waals surface area (Å²) in [6, 6.07) is 6.65. The van der Waals surface area contributed by atoms with Gasteiger partial charge < -0.3 is 4.74 Å². The van der Waals surface area contributed by atoms with Gasteiger partial charge in [-0.15, -0.1) is 0 Å². The number of rotatable bonds is 3. The molecule has 0 spiro atoms. The van der Waals surface area contributed by atoms with Crippen LogP contribution in [0, 0.1) is 23.1 Å². The predicted octanol–water partition coefficient (Wildman–Crippen LogP) is 3.92. The van der Waals surface area contributed by atoms with E-state index < -0.39 is 17.6 Å². The van der Waals surface area contributed by atoms with Crippen LogP contribution in [0.4, 0.5) is 8.78 Å². The van der Waals surface area contributed by atoms with Crippen LogP contribution in [-0.4, -0.2) is 12.1 Å². The summed E-state index contributed by atoms with van der Waals surface area (Å²) in [5.41, 5.74) is 0.314. The third kappa shape index (κ3) is 4.38. The zero-order valence-corrected chi connectivity index (χ0v) is 11.4. The first kappa shape index (κ1) is 15.2. The van der Waals surface area contributed by atoms with Gasteiger partial charge >= 0.3 is 5.97 Å². The third-order valence-electron chi connectivity index (χ3n) is 3.56. The van der Waals surface area contributed by atoms with Crippen molar-refractivity contribution >= 4 is 5.97 Å². The van der Waals surface area contributed by atoms with Crippen LogP contribution in [-0.2, 0) is 4.74 Å². The molecule has 1 aliphatic carbocycles. The lowest BCUT2D eigenvalue weighted by atomic mass is 9.87. The van der Waals surface area contributed by atoms with Gasteiger partial charge in [0.2, 0.25) is 0 Å². The van der Waals surface area contributed by atoms with Crippen molar-refractivity contribution < 1.29 is 18.3 Å². The Morgan fingerprint density at radius 3 is 2.43 bits per heavy atom. The molecule has 5 heteroatoms. The van der Waals surface area contributed by atoms with Crippen LogP contribution < -0.4 is 0 Å². The van der Waals surface area contributed by atoms with Crippen LogP contribution in [0.2, 0.25) is 0 Å². The van der Waals surface area contributed by atoms with Crippen LogP contribution in [0.5, 0.6) is 0 Å². The van der Waals surface area contributed by atoms with E-state index in [1.54, 1.807) is 0 Å². The normalized spacial score (nSPS) is 22.4. The molecular formula is C16H15F2NO2. The Morgan fingerprint density at radius 2 is 1.86 bits per heavy atom. The summed E-state index contributed by atoms with van der Waals surface area (Å²) in [5, 5.41) is 8.39. The summed E-state index contributed by atoms with van der Waals surface area (Å²) in [4.78, 5) is 11.9. The number of ether oxygens (including phenoxy) is 1. The van der Waals surface area contributed by atoms with E-state index in [0.717, 1.165) is 0 Å². The largest absolute Gasteiger partial charge is 0.459 e. The van der Waals surface area contributed by atoms with Gasteiger partial charge in [0, 0.05) is 0 Å². The second-order valence-electron chi connectivity index (χ2n) is 5.08. The summed E-state index contributed by atoms with van der Waals surface area (Å²) in [5.74, 6) is -1.62. The summed E-state index contributed by atoms with van der Waals surface area (Å²) < 4.78 is 31.0. The highest BCUT2D eigenvalue weighted by Gasteiger charge is 2.23. The number of carbonyl (C=O) groups is 1. The molecule has 0 radical (unpaired) electrons. The van der Waals surface area contributed by atoms with Crippen LogP contribution >= 0.6 is 0 Å². The van der Waals surface area contributed by atoms with Gasteiger partial charge in [-0.25, -0.2) is 9.18 Å². The van der Waals surface area contributed by atoms with Crippen molar-refractivity contribution in [2.24, 2.45) is 5.92 Å². The second kappa shape index (κ2) is 6.98. The van der Waals surface area contributed by atoms with Crippen molar-refractivity contribution in [2.45, 2.75) is 31.8 Å². The van der Waals surface area contributed by atoms with Gasteiger partial charge in [0.25, 0.3) is 0 Å². The average molecular weight is 291 g/mol. The standard InChI is InChI=1S/C16H15F2NO2/c17-13-5-3-12(4-6-13)16(20)21-15-7-1-11(2-8-15)9-14(18)10-19/h3-6,9,11,15H,1-2,7-8H2. The van der Waals surface area contributed by atoms with Crippen LogP contribution in [0.15, 0.2) is 36.2 Å². The highest BCUT2D eigenvalue weighted by molar-refractivity contribution is 5.89. The summed E-state index contributed by atoms with van der Waals surface area (Å²) in [6.07, 6.45) is 3.74. The van der Waals surface area contributed by atoms with E-state index in [-0.39, 0.29) is 12.0 Å². The summed E-state index contributed by atoms with van der Waals surface area (Å²) >= 11 is 0. The minimum atomic E-state index is -0.762. The molecule has 0 unspecified atom stereocenters. The molecular weight excluding hydrogens is 276 g/mol. The molecule has 1 aliphatic rings. The number of halogens is 2. The number of allylic oxidation sites excluding steroid dienone is 2. The molecule has 2 rings (SSSR count). The highest BCUT2D eigenvalue weighted by Crippen LogP contribution is 2.28. The van der Waals surface area contributed by atoms with E-state index in [0.29, 0.717) is 31.2 Å². The Morgan fingerprint density at radius 1 is 1.24 bits per heavy atom. The van der Waals surface area contributed by atoms with Gasteiger partial charge in [0.15, 0.2) is 5.83 Å². The first-order valence-electron chi connectivity index (χ1n) is 6.82. The number of benzene rings is 1. The molecule has 0 heterocycles. The topological polar surface area (TPSA) is 50.1 Å². The molecule has 0 saturated heterocycles. The Labute approximate surface area is 121 Å². The van der Waals surface area contributed by atoms with E-state index in [1.807, 2.05) is 0 Å². The lowest BCUT2D eigenvalue weighted by molar-refractivity contribution is 0.0184. The molecule has 1 aromatic rings. The molecule has 0 aromatic heterocycles. The summed E-state index contributed by atoms with van der Waals surface area (Å²) in [6.45, 7) is 0. The SMILES string of the molecule is N#CC(F)=CC1CCC(OC(=O)c2ccc(F)cc2)CC1. The fraction of sp³-hybridized carbons (Fsp3) is 0.375. The fourth-order valence-electron chi connectivity index (χ4n) is 2.42. The van der Waals surface area contributed by atoms with Crippen molar-refractivity contribution in [1.82, 2.24) is 0 Å². The fourth-order valence-corrected chi connectivity index (χ4v) is 2.42. The third-order valence-corrected chi connectivity index (χ3v) is 3.56. The number of esters is 1. The van der Waals surface area contributed by atoms with Crippen LogP contribution in [0.1, 0.15) is 36.0 Å². The van der Waals surface area contributed by atoms with Crippen molar-refractivity contribution in [3.63, 3.8) is 0 Å². The van der Waals surface area contributed by atoms with E-state index in [1.165, 1.54) is 36.4 Å². The lowest BCUT2D eigenvalue weighted by Gasteiger charge is -2.26. The van der Waals surface area contributed by atoms with E-state index in [2.05, 4.69) is 0 Å². The molecule has 1 fully saturated rings. The van der Waals surface area contributed by atoms with E-state index in [4.69, 9.17) is 10.00 Å². The Balaban J connectivity index is 1.85. The van der Waals surface area contributed by atoms with Gasteiger partial charge in [0.05, 0.1) is 5.56 Å². The van der Waals surface area contributed by atoms with Crippen molar-refractivity contribution in [2.75, 3.05) is 0 Å². The van der Waals surface area contributed by atoms with Crippen molar-refractivity contribution in [3.8, 4) is 6.07 Å². The minimum Gasteiger partial charge on any atom is -0.459 e. The molecule has 0 N–H and O–H groups in total. The monoisotopic (exact) mass is 291 g/mol. The van der Waals surface area contributed by atoms with E-state index >= 15 is 0 Å².